The van der Waals surface area contributed by atoms with E-state index in [4.69, 9.17) is 18.7 Å². The van der Waals surface area contributed by atoms with Gasteiger partial charge in [0, 0.05) is 5.92 Å². The molecule has 1 aliphatic carbocycles. The summed E-state index contributed by atoms with van der Waals surface area (Å²) in [5, 5.41) is 4.09. The summed E-state index contributed by atoms with van der Waals surface area (Å²) in [5.74, 6) is 1.04. The molecule has 4 atom stereocenters. The Morgan fingerprint density at radius 3 is 2.79 bits per heavy atom. The highest BCUT2D eigenvalue weighted by Gasteiger charge is 2.68. The van der Waals surface area contributed by atoms with Crippen LogP contribution in [0.15, 0.2) is 46.7 Å². The van der Waals surface area contributed by atoms with Gasteiger partial charge in [0.15, 0.2) is 11.4 Å². The summed E-state index contributed by atoms with van der Waals surface area (Å²) in [6.07, 6.45) is 2.52. The van der Waals surface area contributed by atoms with Gasteiger partial charge in [-0.15, -0.1) is 0 Å². The van der Waals surface area contributed by atoms with Crippen LogP contribution in [0.3, 0.4) is 0 Å². The lowest BCUT2D eigenvalue weighted by Crippen LogP contribution is -2.53. The van der Waals surface area contributed by atoms with E-state index in [9.17, 15) is 4.79 Å². The molecular formula is C21H22N2O5. The van der Waals surface area contributed by atoms with Crippen LogP contribution in [-0.2, 0) is 16.1 Å². The van der Waals surface area contributed by atoms with Gasteiger partial charge in [0.25, 0.3) is 5.88 Å². The minimum Gasteiger partial charge on any atom is -0.498 e. The molecular weight excluding hydrogens is 360 g/mol. The van der Waals surface area contributed by atoms with E-state index in [0.29, 0.717) is 23.7 Å². The van der Waals surface area contributed by atoms with E-state index in [-0.39, 0.29) is 29.7 Å². The lowest BCUT2D eigenvalue weighted by molar-refractivity contribution is -0.0310. The Labute approximate surface area is 162 Å². The van der Waals surface area contributed by atoms with Gasteiger partial charge in [-0.1, -0.05) is 30.3 Å². The average molecular weight is 382 g/mol. The number of carbonyl (C=O) groups is 1. The number of hydrogen-bond acceptors (Lipinski definition) is 7. The maximum Gasteiger partial charge on any atom is 0.265 e. The Morgan fingerprint density at radius 1 is 1.29 bits per heavy atom. The first kappa shape index (κ1) is 17.5. The second-order valence-electron chi connectivity index (χ2n) is 7.71. The summed E-state index contributed by atoms with van der Waals surface area (Å²) in [6, 6.07) is 9.58. The van der Waals surface area contributed by atoms with Gasteiger partial charge in [-0.2, -0.15) is 0 Å². The van der Waals surface area contributed by atoms with Crippen molar-refractivity contribution in [2.75, 3.05) is 21.2 Å². The second-order valence-corrected chi connectivity index (χ2v) is 7.71. The molecule has 0 N–H and O–H groups in total. The van der Waals surface area contributed by atoms with Gasteiger partial charge >= 0.3 is 0 Å². The lowest BCUT2D eigenvalue weighted by Gasteiger charge is -2.42. The van der Waals surface area contributed by atoms with E-state index in [1.165, 1.54) is 0 Å². The minimum atomic E-state index is -1.13. The molecule has 7 heteroatoms. The summed E-state index contributed by atoms with van der Waals surface area (Å²) in [4.78, 5) is 15.7. The van der Waals surface area contributed by atoms with E-state index in [1.54, 1.807) is 7.11 Å². The first-order chi connectivity index (χ1) is 13.6. The summed E-state index contributed by atoms with van der Waals surface area (Å²) in [7, 11) is 5.51. The molecule has 3 heterocycles. The molecule has 2 bridgehead atoms. The molecule has 5 rings (SSSR count). The molecule has 1 aromatic heterocycles. The first-order valence-corrected chi connectivity index (χ1v) is 9.38. The number of ketones is 1. The number of hydrogen-bond donors (Lipinski definition) is 0. The van der Waals surface area contributed by atoms with E-state index in [2.05, 4.69) is 5.16 Å². The van der Waals surface area contributed by atoms with Crippen molar-refractivity contribution in [3.05, 3.63) is 59.1 Å². The van der Waals surface area contributed by atoms with E-state index in [1.807, 2.05) is 55.4 Å². The normalized spacial score (nSPS) is 30.2. The fourth-order valence-electron chi connectivity index (χ4n) is 4.82. The molecule has 2 aliphatic heterocycles. The zero-order chi connectivity index (χ0) is 19.5. The first-order valence-electron chi connectivity index (χ1n) is 9.38. The van der Waals surface area contributed by atoms with Crippen LogP contribution < -0.4 is 4.74 Å². The van der Waals surface area contributed by atoms with Gasteiger partial charge in [0.2, 0.25) is 5.78 Å². The molecule has 1 spiro atoms. The van der Waals surface area contributed by atoms with Crippen molar-refractivity contribution in [2.45, 2.75) is 30.8 Å². The van der Waals surface area contributed by atoms with Gasteiger partial charge in [0.05, 0.1) is 19.3 Å². The van der Waals surface area contributed by atoms with Crippen LogP contribution in [0, 0.1) is 5.92 Å². The van der Waals surface area contributed by atoms with Gasteiger partial charge in [-0.3, -0.25) is 9.69 Å². The molecule has 28 heavy (non-hydrogen) atoms. The Kier molecular flexibility index (Phi) is 3.86. The van der Waals surface area contributed by atoms with Crippen LogP contribution in [0.25, 0.3) is 0 Å². The predicted octanol–water partition coefficient (Wildman–Crippen LogP) is 2.74. The fraction of sp³-hybridized carbons (Fsp3) is 0.429. The highest BCUT2D eigenvalue weighted by atomic mass is 16.6. The minimum absolute atomic E-state index is 0.0950. The predicted molar refractivity (Wildman–Crippen MR) is 98.8 cm³/mol. The topological polar surface area (TPSA) is 74.0 Å². The van der Waals surface area contributed by atoms with Crippen molar-refractivity contribution in [2.24, 2.45) is 5.92 Å². The molecule has 1 fully saturated rings. The third-order valence-corrected chi connectivity index (χ3v) is 5.94. The standard InChI is InChI=1S/C21H22N2O5/c1-23(2)17-14-9-13-10-15(25-3)21(14,27-13)19(24)16-18(17)28-22-20(16)26-11-12-7-5-4-6-8-12/h4-8,10,13-14,17H,9,11H2,1-3H3/t13-,14-,17-,21-/m0/s1. The van der Waals surface area contributed by atoms with Crippen molar-refractivity contribution >= 4 is 5.78 Å². The largest absolute Gasteiger partial charge is 0.498 e. The molecule has 2 aromatic rings. The van der Waals surface area contributed by atoms with Crippen molar-refractivity contribution in [3.8, 4) is 5.88 Å². The molecule has 0 unspecified atom stereocenters. The van der Waals surface area contributed by atoms with Crippen LogP contribution in [0.5, 0.6) is 5.88 Å². The van der Waals surface area contributed by atoms with Crippen LogP contribution in [0.1, 0.15) is 34.1 Å². The van der Waals surface area contributed by atoms with E-state index >= 15 is 0 Å². The highest BCUT2D eigenvalue weighted by Crippen LogP contribution is 2.59. The number of benzene rings is 1. The quantitative estimate of drug-likeness (QED) is 0.787. The van der Waals surface area contributed by atoms with Crippen LogP contribution >= 0.6 is 0 Å². The number of aromatic nitrogens is 1. The zero-order valence-electron chi connectivity index (χ0n) is 16.0. The number of Topliss-reactive ketones (excluding diaryl/α,β-unsaturated/α-hetero) is 1. The third kappa shape index (κ3) is 2.23. The average Bonchev–Trinajstić information content (AvgIpc) is 3.38. The molecule has 0 amide bonds. The summed E-state index contributed by atoms with van der Waals surface area (Å²) < 4.78 is 23.3. The lowest BCUT2D eigenvalue weighted by atomic mass is 9.67. The Balaban J connectivity index is 1.57. The maximum atomic E-state index is 13.7. The highest BCUT2D eigenvalue weighted by molar-refractivity contribution is 6.09. The summed E-state index contributed by atoms with van der Waals surface area (Å²) in [6.45, 7) is 0.298. The zero-order valence-corrected chi connectivity index (χ0v) is 16.0. The number of rotatable bonds is 5. The van der Waals surface area contributed by atoms with Crippen LogP contribution in [-0.4, -0.2) is 48.7 Å². The fourth-order valence-corrected chi connectivity index (χ4v) is 4.82. The molecule has 3 aliphatic rings. The van der Waals surface area contributed by atoms with Crippen LogP contribution in [0.4, 0.5) is 0 Å². The molecule has 146 valence electrons. The van der Waals surface area contributed by atoms with Crippen molar-refractivity contribution in [3.63, 3.8) is 0 Å². The number of fused-ring (bicyclic) bond motifs is 2. The molecule has 0 saturated carbocycles. The van der Waals surface area contributed by atoms with Crippen LogP contribution in [0.2, 0.25) is 0 Å². The maximum absolute atomic E-state index is 13.7. The Hall–Kier alpha value is -2.64. The Bertz CT molecular complexity index is 951. The van der Waals surface area contributed by atoms with Gasteiger partial charge in [0.1, 0.15) is 17.9 Å². The van der Waals surface area contributed by atoms with E-state index in [0.717, 1.165) is 12.0 Å². The van der Waals surface area contributed by atoms with Crippen molar-refractivity contribution in [1.82, 2.24) is 10.1 Å². The van der Waals surface area contributed by atoms with Crippen molar-refractivity contribution < 1.29 is 23.5 Å². The monoisotopic (exact) mass is 382 g/mol. The SMILES string of the molecule is COC1=C[C@@H]2C[C@H]3[C@H](N(C)C)c4onc(OCc5ccccc5)c4C(=O)[C@@]13O2. The number of carbonyl (C=O) groups excluding carboxylic acids is 1. The van der Waals surface area contributed by atoms with Gasteiger partial charge < -0.3 is 18.7 Å². The molecule has 1 saturated heterocycles. The summed E-state index contributed by atoms with van der Waals surface area (Å²) >= 11 is 0. The van der Waals surface area contributed by atoms with E-state index < -0.39 is 5.60 Å². The Morgan fingerprint density at radius 2 is 2.07 bits per heavy atom. The van der Waals surface area contributed by atoms with Gasteiger partial charge in [-0.05, 0) is 37.3 Å². The number of methoxy groups -OCH3 is 1. The van der Waals surface area contributed by atoms with Gasteiger partial charge in [-0.25, -0.2) is 0 Å². The molecule has 0 radical (unpaired) electrons. The molecule has 7 nitrogen and oxygen atoms in total. The molecule has 1 aromatic carbocycles. The summed E-state index contributed by atoms with van der Waals surface area (Å²) in [5.41, 5.74) is 0.215. The third-order valence-electron chi connectivity index (χ3n) is 5.94. The number of nitrogens with zero attached hydrogens (tertiary/aromatic N) is 2. The van der Waals surface area contributed by atoms with Crippen molar-refractivity contribution in [1.29, 1.82) is 0 Å². The number of ether oxygens (including phenoxy) is 3. The smallest absolute Gasteiger partial charge is 0.265 e. The second kappa shape index (κ2) is 6.18.